The van der Waals surface area contributed by atoms with Gasteiger partial charge in [-0.15, -0.1) is 0 Å². The Bertz CT molecular complexity index is 565. The second-order valence-electron chi connectivity index (χ2n) is 7.91. The van der Waals surface area contributed by atoms with Crippen molar-refractivity contribution in [3.63, 3.8) is 0 Å². The predicted octanol–water partition coefficient (Wildman–Crippen LogP) is 4.82. The summed E-state index contributed by atoms with van der Waals surface area (Å²) in [5.41, 5.74) is 6.47. The fraction of sp³-hybridized carbons (Fsp3) is 0.750. The number of alkyl halides is 1. The van der Waals surface area contributed by atoms with E-state index in [-0.39, 0.29) is 17.1 Å². The Morgan fingerprint density at radius 3 is 2.52 bits per heavy atom. The van der Waals surface area contributed by atoms with Gasteiger partial charge in [0.05, 0.1) is 18.0 Å². The van der Waals surface area contributed by atoms with Gasteiger partial charge in [-0.05, 0) is 53.3 Å². The van der Waals surface area contributed by atoms with Gasteiger partial charge in [-0.25, -0.2) is 14.4 Å². The predicted molar refractivity (Wildman–Crippen MR) is 97.7 cm³/mol. The van der Waals surface area contributed by atoms with Crippen LogP contribution in [0.25, 0.3) is 0 Å². The Balaban J connectivity index is 2.04. The lowest BCUT2D eigenvalue weighted by Gasteiger charge is -2.42. The molecule has 0 unspecified atom stereocenters. The molecule has 4 nitrogen and oxygen atoms in total. The van der Waals surface area contributed by atoms with Gasteiger partial charge in [-0.3, -0.25) is 0 Å². The molecule has 1 aromatic rings. The van der Waals surface area contributed by atoms with Crippen LogP contribution < -0.4 is 5.73 Å². The first-order valence-corrected chi connectivity index (χ1v) is 11.8. The third-order valence-corrected chi connectivity index (χ3v) is 10.2. The quantitative estimate of drug-likeness (QED) is 0.734. The molecule has 130 valence electrons. The van der Waals surface area contributed by atoms with Crippen LogP contribution >= 0.6 is 15.9 Å². The molecule has 23 heavy (non-hydrogen) atoms. The van der Waals surface area contributed by atoms with Crippen LogP contribution in [0.2, 0.25) is 18.1 Å². The fourth-order valence-electron chi connectivity index (χ4n) is 2.63. The summed E-state index contributed by atoms with van der Waals surface area (Å²) in [6.45, 7) is 10.9. The maximum atomic E-state index is 14.7. The summed E-state index contributed by atoms with van der Waals surface area (Å²) in [7, 11) is -1.94. The SMILES string of the molecule is CC(C)(C)[Si](C)(C)O[C@H]1CC[C@H](c2cnc(N)c(Br)n2)C[C@@H]1F. The number of nitrogens with two attached hydrogens (primary N) is 1. The van der Waals surface area contributed by atoms with Crippen molar-refractivity contribution in [3.05, 3.63) is 16.5 Å². The van der Waals surface area contributed by atoms with E-state index in [4.69, 9.17) is 10.2 Å². The first-order valence-electron chi connectivity index (χ1n) is 8.11. The number of halogens is 2. The normalized spacial score (nSPS) is 26.3. The molecular weight excluding hydrogens is 377 g/mol. The van der Waals surface area contributed by atoms with Gasteiger partial charge in [-0.1, -0.05) is 20.8 Å². The highest BCUT2D eigenvalue weighted by Crippen LogP contribution is 2.41. The van der Waals surface area contributed by atoms with Gasteiger partial charge in [0, 0.05) is 5.92 Å². The Morgan fingerprint density at radius 1 is 1.35 bits per heavy atom. The molecule has 1 saturated carbocycles. The van der Waals surface area contributed by atoms with Gasteiger partial charge in [0.15, 0.2) is 14.1 Å². The lowest BCUT2D eigenvalue weighted by Crippen LogP contribution is -2.47. The lowest BCUT2D eigenvalue weighted by molar-refractivity contribution is 0.0448. The van der Waals surface area contributed by atoms with Gasteiger partial charge in [0.1, 0.15) is 10.8 Å². The third-order valence-electron chi connectivity index (χ3n) is 5.16. The van der Waals surface area contributed by atoms with E-state index in [0.29, 0.717) is 16.8 Å². The number of nitrogen functional groups attached to an aromatic ring is 1. The van der Waals surface area contributed by atoms with Crippen LogP contribution in [-0.2, 0) is 4.43 Å². The minimum Gasteiger partial charge on any atom is -0.411 e. The highest BCUT2D eigenvalue weighted by Gasteiger charge is 2.42. The van der Waals surface area contributed by atoms with Crippen molar-refractivity contribution in [2.75, 3.05) is 5.73 Å². The van der Waals surface area contributed by atoms with E-state index >= 15 is 0 Å². The first kappa shape index (κ1) is 18.8. The summed E-state index contributed by atoms with van der Waals surface area (Å²) < 4.78 is 21.5. The summed E-state index contributed by atoms with van der Waals surface area (Å²) in [6, 6.07) is 0. The van der Waals surface area contributed by atoms with E-state index in [1.807, 2.05) is 0 Å². The van der Waals surface area contributed by atoms with Gasteiger partial charge >= 0.3 is 0 Å². The van der Waals surface area contributed by atoms with Crippen LogP contribution in [0.3, 0.4) is 0 Å². The first-order chi connectivity index (χ1) is 10.5. The van der Waals surface area contributed by atoms with E-state index in [2.05, 4.69) is 59.8 Å². The second-order valence-corrected chi connectivity index (χ2v) is 13.4. The maximum absolute atomic E-state index is 14.7. The summed E-state index contributed by atoms with van der Waals surface area (Å²) in [5.74, 6) is 0.439. The largest absolute Gasteiger partial charge is 0.411 e. The number of anilines is 1. The van der Waals surface area contributed by atoms with Crippen LogP contribution in [0.15, 0.2) is 10.8 Å². The zero-order valence-corrected chi connectivity index (χ0v) is 17.2. The molecule has 2 N–H and O–H groups in total. The van der Waals surface area contributed by atoms with E-state index in [1.165, 1.54) is 0 Å². The van der Waals surface area contributed by atoms with Crippen LogP contribution in [0.5, 0.6) is 0 Å². The summed E-state index contributed by atoms with van der Waals surface area (Å²) >= 11 is 3.29. The smallest absolute Gasteiger partial charge is 0.192 e. The number of hydrogen-bond donors (Lipinski definition) is 1. The standard InChI is InChI=1S/C16H27BrFN3OSi/c1-16(2,3)23(4,5)22-13-7-6-10(8-11(13)18)12-9-20-15(19)14(17)21-12/h9-11,13H,6-8H2,1-5H3,(H2,19,20)/t10-,11-,13-/m0/s1. The van der Waals surface area contributed by atoms with Crippen LogP contribution in [0.1, 0.15) is 51.6 Å². The molecule has 0 aromatic carbocycles. The highest BCUT2D eigenvalue weighted by molar-refractivity contribution is 9.10. The molecule has 1 aromatic heterocycles. The number of rotatable bonds is 3. The Kier molecular flexibility index (Phi) is 5.53. The molecule has 0 saturated heterocycles. The average Bonchev–Trinajstić information content (AvgIpc) is 2.42. The summed E-state index contributed by atoms with van der Waals surface area (Å²) in [5, 5.41) is 0.0941. The molecule has 0 radical (unpaired) electrons. The van der Waals surface area contributed by atoms with Crippen molar-refractivity contribution in [2.45, 2.75) is 76.4 Å². The van der Waals surface area contributed by atoms with Crippen molar-refractivity contribution in [2.24, 2.45) is 0 Å². The zero-order valence-electron chi connectivity index (χ0n) is 14.6. The zero-order chi connectivity index (χ0) is 17.4. The van der Waals surface area contributed by atoms with Crippen LogP contribution in [0.4, 0.5) is 10.2 Å². The van der Waals surface area contributed by atoms with Crippen molar-refractivity contribution in [1.29, 1.82) is 0 Å². The van der Waals surface area contributed by atoms with Gasteiger partial charge in [-0.2, -0.15) is 0 Å². The monoisotopic (exact) mass is 403 g/mol. The third kappa shape index (κ3) is 4.31. The fourth-order valence-corrected chi connectivity index (χ4v) is 4.31. The Morgan fingerprint density at radius 2 is 2.00 bits per heavy atom. The molecule has 0 aliphatic heterocycles. The number of aromatic nitrogens is 2. The van der Waals surface area contributed by atoms with Crippen molar-refractivity contribution in [3.8, 4) is 0 Å². The maximum Gasteiger partial charge on any atom is 0.192 e. The number of nitrogens with zero attached hydrogens (tertiary/aromatic N) is 2. The highest BCUT2D eigenvalue weighted by atomic mass is 79.9. The van der Waals surface area contributed by atoms with Crippen molar-refractivity contribution >= 4 is 30.1 Å². The molecule has 1 fully saturated rings. The molecule has 1 heterocycles. The van der Waals surface area contributed by atoms with Gasteiger partial charge < -0.3 is 10.2 Å². The summed E-state index contributed by atoms with van der Waals surface area (Å²) in [4.78, 5) is 8.51. The van der Waals surface area contributed by atoms with E-state index in [0.717, 1.165) is 18.5 Å². The number of hydrogen-bond acceptors (Lipinski definition) is 4. The van der Waals surface area contributed by atoms with E-state index in [9.17, 15) is 4.39 Å². The topological polar surface area (TPSA) is 61.0 Å². The van der Waals surface area contributed by atoms with Crippen molar-refractivity contribution in [1.82, 2.24) is 9.97 Å². The molecule has 3 atom stereocenters. The molecule has 1 aliphatic carbocycles. The average molecular weight is 404 g/mol. The molecular formula is C16H27BrFN3OSi. The van der Waals surface area contributed by atoms with E-state index in [1.54, 1.807) is 6.20 Å². The van der Waals surface area contributed by atoms with Crippen molar-refractivity contribution < 1.29 is 8.82 Å². The Hall–Kier alpha value is -0.533. The molecule has 7 heteroatoms. The lowest BCUT2D eigenvalue weighted by atomic mass is 9.84. The van der Waals surface area contributed by atoms with E-state index < -0.39 is 14.5 Å². The van der Waals surface area contributed by atoms with Crippen LogP contribution in [0, 0.1) is 0 Å². The molecule has 0 bridgehead atoms. The second kappa shape index (κ2) is 6.76. The Labute approximate surface area is 147 Å². The molecule has 1 aliphatic rings. The van der Waals surface area contributed by atoms with Crippen LogP contribution in [-0.4, -0.2) is 30.6 Å². The summed E-state index contributed by atoms with van der Waals surface area (Å²) in [6.07, 6.45) is 2.43. The van der Waals surface area contributed by atoms with Gasteiger partial charge in [0.2, 0.25) is 0 Å². The molecule has 0 spiro atoms. The van der Waals surface area contributed by atoms with Gasteiger partial charge in [0.25, 0.3) is 0 Å². The minimum absolute atomic E-state index is 0.0775. The minimum atomic E-state index is -1.94. The molecule has 0 amide bonds. The molecule has 2 rings (SSSR count).